The SMILES string of the molecule is C[C@H]1CN(c2ccc(C#N)c(C(F)(F)F)c2)CCN1c1ccc(OCCCCN2CCN(c3ccc4c(c3)CN(C3CCC(=O)NC3=O)C4=O)CC2)cc1. The maximum atomic E-state index is 13.5. The molecule has 1 unspecified atom stereocenters. The smallest absolute Gasteiger partial charge is 0.417 e. The van der Waals surface area contributed by atoms with E-state index in [-0.39, 0.29) is 29.8 Å². The molecule has 0 saturated carbocycles. The number of carbonyl (C=O) groups is 3. The average molecular weight is 744 g/mol. The average Bonchev–Trinajstić information content (AvgIpc) is 3.49. The van der Waals surface area contributed by atoms with Crippen LogP contribution < -0.4 is 24.8 Å². The van der Waals surface area contributed by atoms with Crippen molar-refractivity contribution in [3.05, 3.63) is 82.9 Å². The van der Waals surface area contributed by atoms with Crippen molar-refractivity contribution in [2.45, 2.75) is 57.4 Å². The van der Waals surface area contributed by atoms with Crippen molar-refractivity contribution in [3.63, 3.8) is 0 Å². The molecule has 3 saturated heterocycles. The molecule has 3 aromatic carbocycles. The molecule has 3 amide bonds. The number of hydrogen-bond acceptors (Lipinski definition) is 9. The second-order valence-corrected chi connectivity index (χ2v) is 14.4. The molecule has 3 fully saturated rings. The first-order chi connectivity index (χ1) is 26.0. The number of benzene rings is 3. The normalized spacial score (nSPS) is 20.9. The molecule has 1 N–H and O–H groups in total. The van der Waals surface area contributed by atoms with Gasteiger partial charge >= 0.3 is 6.18 Å². The predicted octanol–water partition coefficient (Wildman–Crippen LogP) is 5.03. The zero-order valence-corrected chi connectivity index (χ0v) is 30.3. The Kier molecular flexibility index (Phi) is 10.7. The third-order valence-electron chi connectivity index (χ3n) is 11.0. The summed E-state index contributed by atoms with van der Waals surface area (Å²) in [6.07, 6.45) is -2.05. The Morgan fingerprint density at radius 3 is 2.26 bits per heavy atom. The Morgan fingerprint density at radius 2 is 1.56 bits per heavy atom. The van der Waals surface area contributed by atoms with Gasteiger partial charge in [-0.25, -0.2) is 0 Å². The number of halogens is 3. The molecule has 0 radical (unpaired) electrons. The fraction of sp³-hybridized carbons (Fsp3) is 0.450. The molecule has 0 spiro atoms. The van der Waals surface area contributed by atoms with E-state index in [1.54, 1.807) is 17.0 Å². The number of fused-ring (bicyclic) bond motifs is 1. The summed E-state index contributed by atoms with van der Waals surface area (Å²) < 4.78 is 46.6. The molecule has 0 aliphatic carbocycles. The molecule has 4 aliphatic rings. The van der Waals surface area contributed by atoms with E-state index in [9.17, 15) is 27.6 Å². The number of imide groups is 1. The molecule has 7 rings (SSSR count). The number of nitrogens with zero attached hydrogens (tertiary/aromatic N) is 6. The summed E-state index contributed by atoms with van der Waals surface area (Å²) in [5, 5.41) is 11.5. The first-order valence-electron chi connectivity index (χ1n) is 18.6. The highest BCUT2D eigenvalue weighted by atomic mass is 19.4. The number of amides is 3. The molecule has 54 heavy (non-hydrogen) atoms. The van der Waals surface area contributed by atoms with Gasteiger partial charge in [0, 0.05) is 87.4 Å². The number of unbranched alkanes of at least 4 members (excludes halogenated alkanes) is 1. The molecule has 0 bridgehead atoms. The zero-order chi connectivity index (χ0) is 38.0. The number of nitriles is 1. The first-order valence-corrected chi connectivity index (χ1v) is 18.6. The maximum absolute atomic E-state index is 13.5. The van der Waals surface area contributed by atoms with Crippen LogP contribution in [0.15, 0.2) is 60.7 Å². The summed E-state index contributed by atoms with van der Waals surface area (Å²) in [4.78, 5) is 47.6. The van der Waals surface area contributed by atoms with Crippen LogP contribution in [-0.2, 0) is 22.3 Å². The highest BCUT2D eigenvalue weighted by Gasteiger charge is 2.39. The van der Waals surface area contributed by atoms with Gasteiger partial charge in [0.2, 0.25) is 11.8 Å². The van der Waals surface area contributed by atoms with Crippen LogP contribution in [0.25, 0.3) is 0 Å². The van der Waals surface area contributed by atoms with Crippen molar-refractivity contribution >= 4 is 34.8 Å². The summed E-state index contributed by atoms with van der Waals surface area (Å²) >= 11 is 0. The lowest BCUT2D eigenvalue weighted by atomic mass is 10.0. The Hall–Kier alpha value is -5.29. The number of alkyl halides is 3. The monoisotopic (exact) mass is 743 g/mol. The molecule has 14 heteroatoms. The van der Waals surface area contributed by atoms with Gasteiger partial charge in [-0.2, -0.15) is 18.4 Å². The van der Waals surface area contributed by atoms with Crippen molar-refractivity contribution in [2.24, 2.45) is 0 Å². The number of piperidine rings is 1. The van der Waals surface area contributed by atoms with Crippen molar-refractivity contribution in [2.75, 3.05) is 73.7 Å². The summed E-state index contributed by atoms with van der Waals surface area (Å²) in [6, 6.07) is 18.9. The van der Waals surface area contributed by atoms with Crippen molar-refractivity contribution in [3.8, 4) is 11.8 Å². The van der Waals surface area contributed by atoms with Crippen molar-refractivity contribution in [1.82, 2.24) is 15.1 Å². The molecular formula is C40H44F3N7O4. The number of rotatable bonds is 10. The van der Waals surface area contributed by atoms with Crippen LogP contribution in [0.2, 0.25) is 0 Å². The molecule has 11 nitrogen and oxygen atoms in total. The van der Waals surface area contributed by atoms with Crippen LogP contribution >= 0.6 is 0 Å². The predicted molar refractivity (Wildman–Crippen MR) is 197 cm³/mol. The topological polar surface area (TPSA) is 112 Å². The van der Waals surface area contributed by atoms with Gasteiger partial charge < -0.3 is 24.3 Å². The lowest BCUT2D eigenvalue weighted by Crippen LogP contribution is -2.52. The molecule has 4 aliphatic heterocycles. The van der Waals surface area contributed by atoms with Crippen LogP contribution in [0.4, 0.5) is 30.2 Å². The quantitative estimate of drug-likeness (QED) is 0.226. The van der Waals surface area contributed by atoms with Crippen LogP contribution in [0, 0.1) is 11.3 Å². The summed E-state index contributed by atoms with van der Waals surface area (Å²) in [5.41, 5.74) is 2.86. The molecule has 2 atom stereocenters. The number of hydrogen-bond donors (Lipinski definition) is 1. The van der Waals surface area contributed by atoms with Crippen molar-refractivity contribution in [1.29, 1.82) is 5.26 Å². The van der Waals surface area contributed by atoms with Gasteiger partial charge in [-0.05, 0) is 99.0 Å². The van der Waals surface area contributed by atoms with E-state index in [1.807, 2.05) is 41.3 Å². The van der Waals surface area contributed by atoms with Gasteiger partial charge in [0.15, 0.2) is 0 Å². The van der Waals surface area contributed by atoms with E-state index < -0.39 is 23.7 Å². The summed E-state index contributed by atoms with van der Waals surface area (Å²) in [7, 11) is 0. The van der Waals surface area contributed by atoms with Gasteiger partial charge in [0.25, 0.3) is 5.91 Å². The van der Waals surface area contributed by atoms with Gasteiger partial charge in [-0.1, -0.05) is 0 Å². The number of piperazine rings is 2. The third-order valence-corrected chi connectivity index (χ3v) is 11.0. The van der Waals surface area contributed by atoms with E-state index in [1.165, 1.54) is 6.07 Å². The lowest BCUT2D eigenvalue weighted by molar-refractivity contribution is -0.138. The zero-order valence-electron chi connectivity index (χ0n) is 30.3. The largest absolute Gasteiger partial charge is 0.494 e. The third kappa shape index (κ3) is 7.96. The Balaban J connectivity index is 0.813. The molecule has 0 aromatic heterocycles. The van der Waals surface area contributed by atoms with Gasteiger partial charge in [-0.3, -0.25) is 24.6 Å². The number of carbonyl (C=O) groups excluding carboxylic acids is 3. The molecule has 4 heterocycles. The minimum absolute atomic E-state index is 0.0641. The van der Waals surface area contributed by atoms with E-state index in [0.29, 0.717) is 50.5 Å². The molecular weight excluding hydrogens is 699 g/mol. The van der Waals surface area contributed by atoms with E-state index in [2.05, 4.69) is 33.0 Å². The molecule has 3 aromatic rings. The Bertz CT molecular complexity index is 1920. The van der Waals surface area contributed by atoms with Crippen LogP contribution in [0.1, 0.15) is 59.7 Å². The standard InChI is InChI=1S/C40H44F3N7O4/c1-27-25-48(32-5-4-28(24-44)35(23-32)40(41,42)43)19-20-49(27)30-6-9-33(10-7-30)54-21-3-2-14-46-15-17-47(18-16-46)31-8-11-34-29(22-31)26-50(39(34)53)36-12-13-37(51)45-38(36)52/h4-11,22-23,27,36H,2-3,12-21,25-26H2,1H3,(H,45,51,52)/t27-,36?/m0/s1. The number of nitrogens with one attached hydrogen (secondary N) is 1. The fourth-order valence-electron chi connectivity index (χ4n) is 7.99. The maximum Gasteiger partial charge on any atom is 0.417 e. The number of ether oxygens (including phenoxy) is 1. The summed E-state index contributed by atoms with van der Waals surface area (Å²) in [6.45, 7) is 9.44. The van der Waals surface area contributed by atoms with Gasteiger partial charge in [0.1, 0.15) is 11.8 Å². The first kappa shape index (κ1) is 37.0. The highest BCUT2D eigenvalue weighted by molar-refractivity contribution is 6.05. The second-order valence-electron chi connectivity index (χ2n) is 14.4. The second kappa shape index (κ2) is 15.6. The van der Waals surface area contributed by atoms with E-state index >= 15 is 0 Å². The minimum Gasteiger partial charge on any atom is -0.494 e. The highest BCUT2D eigenvalue weighted by Crippen LogP contribution is 2.36. The van der Waals surface area contributed by atoms with Crippen LogP contribution in [-0.4, -0.2) is 98.6 Å². The van der Waals surface area contributed by atoms with Crippen molar-refractivity contribution < 1.29 is 32.3 Å². The van der Waals surface area contributed by atoms with Crippen LogP contribution in [0.5, 0.6) is 5.75 Å². The fourth-order valence-corrected chi connectivity index (χ4v) is 7.99. The number of anilines is 3. The van der Waals surface area contributed by atoms with Gasteiger partial charge in [-0.15, -0.1) is 0 Å². The Labute approximate surface area is 312 Å². The minimum atomic E-state index is -4.58. The lowest BCUT2D eigenvalue weighted by Gasteiger charge is -2.42. The van der Waals surface area contributed by atoms with Crippen LogP contribution in [0.3, 0.4) is 0 Å². The summed E-state index contributed by atoms with van der Waals surface area (Å²) in [5.74, 6) is -0.0482. The molecule has 284 valence electrons. The van der Waals surface area contributed by atoms with Gasteiger partial charge in [0.05, 0.1) is 23.8 Å². The van der Waals surface area contributed by atoms with E-state index in [0.717, 1.165) is 74.3 Å². The van der Waals surface area contributed by atoms with E-state index in [4.69, 9.17) is 10.00 Å². The Morgan fingerprint density at radius 1 is 0.852 bits per heavy atom.